The number of halogens is 1. The quantitative estimate of drug-likeness (QED) is 0.762. The number of carbonyl (C=O) groups is 2. The van der Waals surface area contributed by atoms with Gasteiger partial charge in [0.15, 0.2) is 0 Å². The molecule has 1 N–H and O–H groups in total. The summed E-state index contributed by atoms with van der Waals surface area (Å²) in [5, 5.41) is 10.9. The summed E-state index contributed by atoms with van der Waals surface area (Å²) in [6.07, 6.45) is 6.04. The first kappa shape index (κ1) is 19.5. The minimum absolute atomic E-state index is 0.125. The summed E-state index contributed by atoms with van der Waals surface area (Å²) in [7, 11) is 0. The van der Waals surface area contributed by atoms with E-state index in [9.17, 15) is 14.7 Å². The molecule has 2 atom stereocenters. The molecule has 4 fully saturated rings. The number of imide groups is 1. The summed E-state index contributed by atoms with van der Waals surface area (Å²) < 4.78 is 0. The Balaban J connectivity index is 1.42. The minimum Gasteiger partial charge on any atom is -0.392 e. The molecule has 0 radical (unpaired) electrons. The first-order valence-electron chi connectivity index (χ1n) is 10.8. The molecular weight excluding hydrogens is 390 g/mol. The number of aliphatic hydroxyl groups excluding tert-OH is 1. The van der Waals surface area contributed by atoms with Gasteiger partial charge in [-0.15, -0.1) is 0 Å². The van der Waals surface area contributed by atoms with E-state index in [4.69, 9.17) is 11.6 Å². The molecule has 3 heterocycles. The Morgan fingerprint density at radius 3 is 2.55 bits per heavy atom. The number of rotatable bonds is 3. The van der Waals surface area contributed by atoms with Crippen LogP contribution >= 0.6 is 11.6 Å². The van der Waals surface area contributed by atoms with Crippen molar-refractivity contribution in [2.24, 2.45) is 0 Å². The van der Waals surface area contributed by atoms with Gasteiger partial charge in [0.2, 0.25) is 5.91 Å². The Morgan fingerprint density at radius 1 is 1.10 bits per heavy atom. The third-order valence-electron chi connectivity index (χ3n) is 7.33. The summed E-state index contributed by atoms with van der Waals surface area (Å²) >= 11 is 6.31. The predicted molar refractivity (Wildman–Crippen MR) is 109 cm³/mol. The molecule has 7 heteroatoms. The molecule has 6 nitrogen and oxygen atoms in total. The molecule has 5 rings (SSSR count). The number of nitrogens with zero attached hydrogens (tertiary/aromatic N) is 3. The first-order chi connectivity index (χ1) is 14.0. The summed E-state index contributed by atoms with van der Waals surface area (Å²) in [5.74, 6) is -0.326. The second-order valence-corrected chi connectivity index (χ2v) is 9.51. The summed E-state index contributed by atoms with van der Waals surface area (Å²) in [6, 6.07) is 7.49. The van der Waals surface area contributed by atoms with Gasteiger partial charge in [0.05, 0.1) is 18.7 Å². The first-order valence-corrected chi connectivity index (χ1v) is 11.2. The number of benzene rings is 1. The molecule has 3 saturated heterocycles. The Morgan fingerprint density at radius 2 is 1.83 bits per heavy atom. The lowest BCUT2D eigenvalue weighted by molar-refractivity contribution is -0.183. The minimum atomic E-state index is -0.686. The van der Waals surface area contributed by atoms with Crippen LogP contribution in [0.25, 0.3) is 0 Å². The fourth-order valence-electron chi connectivity index (χ4n) is 5.77. The lowest BCUT2D eigenvalue weighted by atomic mass is 9.79. The van der Waals surface area contributed by atoms with E-state index in [1.165, 1.54) is 37.0 Å². The van der Waals surface area contributed by atoms with E-state index in [0.717, 1.165) is 5.56 Å². The predicted octanol–water partition coefficient (Wildman–Crippen LogP) is 2.03. The lowest BCUT2D eigenvalue weighted by Crippen LogP contribution is -2.82. The van der Waals surface area contributed by atoms with E-state index in [2.05, 4.69) is 4.90 Å². The van der Waals surface area contributed by atoms with Crippen LogP contribution in [-0.2, 0) is 16.1 Å². The van der Waals surface area contributed by atoms with E-state index < -0.39 is 17.7 Å². The van der Waals surface area contributed by atoms with Gasteiger partial charge in [-0.1, -0.05) is 49.1 Å². The molecule has 1 spiro atoms. The summed E-state index contributed by atoms with van der Waals surface area (Å²) in [6.45, 7) is 1.92. The van der Waals surface area contributed by atoms with E-state index >= 15 is 0 Å². The number of hydrogen-bond donors (Lipinski definition) is 1. The van der Waals surface area contributed by atoms with Crippen molar-refractivity contribution < 1.29 is 14.7 Å². The van der Waals surface area contributed by atoms with Gasteiger partial charge in [0.1, 0.15) is 5.54 Å². The fourth-order valence-corrected chi connectivity index (χ4v) is 5.96. The number of β-amino-alcohol motifs (C(OH)–C–C–N with tert-alkyl or cyclic N) is 1. The monoisotopic (exact) mass is 417 g/mol. The van der Waals surface area contributed by atoms with Crippen molar-refractivity contribution in [3.8, 4) is 0 Å². The molecule has 4 aliphatic rings. The van der Waals surface area contributed by atoms with Crippen molar-refractivity contribution in [1.29, 1.82) is 0 Å². The van der Waals surface area contributed by atoms with Crippen molar-refractivity contribution in [3.63, 3.8) is 0 Å². The molecule has 1 aromatic rings. The van der Waals surface area contributed by atoms with Crippen molar-refractivity contribution >= 4 is 23.4 Å². The van der Waals surface area contributed by atoms with Gasteiger partial charge in [0, 0.05) is 30.7 Å². The fraction of sp³-hybridized carbons (Fsp3) is 0.636. The van der Waals surface area contributed by atoms with Crippen LogP contribution in [0, 0.1) is 0 Å². The molecule has 0 aromatic heterocycles. The zero-order valence-corrected chi connectivity index (χ0v) is 17.4. The van der Waals surface area contributed by atoms with Crippen LogP contribution in [0.2, 0.25) is 5.02 Å². The van der Waals surface area contributed by atoms with Gasteiger partial charge >= 0.3 is 0 Å². The number of likely N-dealkylation sites (tertiary alicyclic amines) is 1. The SMILES string of the molecule is O=C1C2CC(O)CN2C2(CN(C3CCCCC3)C2)C(=O)N1Cc1ccccc1Cl. The molecule has 2 amide bonds. The zero-order valence-electron chi connectivity index (χ0n) is 16.6. The number of fused-ring (bicyclic) bond motifs is 2. The lowest BCUT2D eigenvalue weighted by Gasteiger charge is -2.60. The Bertz CT molecular complexity index is 819. The summed E-state index contributed by atoms with van der Waals surface area (Å²) in [5.41, 5.74) is 0.0934. The molecule has 1 aromatic carbocycles. The molecule has 1 aliphatic carbocycles. The largest absolute Gasteiger partial charge is 0.392 e. The highest BCUT2D eigenvalue weighted by Gasteiger charge is 2.64. The van der Waals surface area contributed by atoms with Gasteiger partial charge in [-0.2, -0.15) is 0 Å². The smallest absolute Gasteiger partial charge is 0.252 e. The van der Waals surface area contributed by atoms with Crippen LogP contribution < -0.4 is 0 Å². The van der Waals surface area contributed by atoms with Crippen LogP contribution in [0.1, 0.15) is 44.1 Å². The van der Waals surface area contributed by atoms with E-state index in [1.54, 1.807) is 6.07 Å². The highest BCUT2D eigenvalue weighted by atomic mass is 35.5. The third kappa shape index (κ3) is 3.12. The number of piperazine rings is 1. The van der Waals surface area contributed by atoms with Gasteiger partial charge in [-0.05, 0) is 30.9 Å². The highest BCUT2D eigenvalue weighted by molar-refractivity contribution is 6.31. The molecule has 3 aliphatic heterocycles. The molecule has 2 unspecified atom stereocenters. The molecule has 156 valence electrons. The van der Waals surface area contributed by atoms with Gasteiger partial charge in [0.25, 0.3) is 5.91 Å². The normalized spacial score (nSPS) is 30.6. The van der Waals surface area contributed by atoms with Gasteiger partial charge in [-0.25, -0.2) is 0 Å². The van der Waals surface area contributed by atoms with Crippen LogP contribution in [-0.4, -0.2) is 75.0 Å². The summed E-state index contributed by atoms with van der Waals surface area (Å²) in [4.78, 5) is 32.7. The second-order valence-electron chi connectivity index (χ2n) is 9.11. The van der Waals surface area contributed by atoms with Crippen molar-refractivity contribution in [2.75, 3.05) is 19.6 Å². The molecule has 29 heavy (non-hydrogen) atoms. The zero-order chi connectivity index (χ0) is 20.2. The van der Waals surface area contributed by atoms with E-state index in [0.29, 0.717) is 37.1 Å². The standard InChI is InChI=1S/C22H28ClN3O3/c23-18-9-5-4-6-15(18)11-25-20(28)19-10-17(27)12-26(19)22(21(25)29)13-24(14-22)16-7-2-1-3-8-16/h4-6,9,16-17,19,27H,1-3,7-8,10-14H2. The van der Waals surface area contributed by atoms with Crippen molar-refractivity contribution in [3.05, 3.63) is 34.9 Å². The number of aliphatic hydroxyl groups is 1. The van der Waals surface area contributed by atoms with Crippen LogP contribution in [0.4, 0.5) is 0 Å². The van der Waals surface area contributed by atoms with E-state index in [1.807, 2.05) is 23.1 Å². The third-order valence-corrected chi connectivity index (χ3v) is 7.70. The van der Waals surface area contributed by atoms with E-state index in [-0.39, 0.29) is 18.4 Å². The Hall–Kier alpha value is -1.47. The Kier molecular flexibility index (Phi) is 4.93. The number of carbonyl (C=O) groups excluding carboxylic acids is 2. The van der Waals surface area contributed by atoms with Gasteiger partial charge < -0.3 is 5.11 Å². The topological polar surface area (TPSA) is 64.1 Å². The maximum atomic E-state index is 13.6. The maximum Gasteiger partial charge on any atom is 0.252 e. The second kappa shape index (κ2) is 7.34. The molecular formula is C22H28ClN3O3. The Labute approximate surface area is 176 Å². The van der Waals surface area contributed by atoms with Crippen LogP contribution in [0.5, 0.6) is 0 Å². The van der Waals surface area contributed by atoms with Crippen molar-refractivity contribution in [2.45, 2.75) is 68.8 Å². The molecule has 1 saturated carbocycles. The van der Waals surface area contributed by atoms with Gasteiger partial charge in [-0.3, -0.25) is 24.3 Å². The molecule has 0 bridgehead atoms. The highest BCUT2D eigenvalue weighted by Crippen LogP contribution is 2.43. The van der Waals surface area contributed by atoms with Crippen molar-refractivity contribution in [1.82, 2.24) is 14.7 Å². The number of hydrogen-bond acceptors (Lipinski definition) is 5. The van der Waals surface area contributed by atoms with Crippen LogP contribution in [0.3, 0.4) is 0 Å². The average Bonchev–Trinajstić information content (AvgIpc) is 3.08. The maximum absolute atomic E-state index is 13.6. The van der Waals surface area contributed by atoms with Crippen LogP contribution in [0.15, 0.2) is 24.3 Å². The number of amides is 2. The average molecular weight is 418 g/mol.